The van der Waals surface area contributed by atoms with Crippen LogP contribution in [-0.4, -0.2) is 38.6 Å². The Hall–Kier alpha value is -4.97. The van der Waals surface area contributed by atoms with Crippen LogP contribution in [0.2, 0.25) is 5.02 Å². The van der Waals surface area contributed by atoms with Gasteiger partial charge in [0.2, 0.25) is 0 Å². The van der Waals surface area contributed by atoms with Gasteiger partial charge in [0.1, 0.15) is 5.69 Å². The van der Waals surface area contributed by atoms with E-state index in [1.807, 2.05) is 6.07 Å². The minimum Gasteiger partial charge on any atom is -0.355 e. The third-order valence-electron chi connectivity index (χ3n) is 6.04. The first-order valence-electron chi connectivity index (χ1n) is 12.0. The molecule has 9 nitrogen and oxygen atoms in total. The summed E-state index contributed by atoms with van der Waals surface area (Å²) in [5, 5.41) is 18.6. The summed E-state index contributed by atoms with van der Waals surface area (Å²) >= 11 is 6.26. The summed E-state index contributed by atoms with van der Waals surface area (Å²) in [7, 11) is 1.35. The zero-order valence-corrected chi connectivity index (χ0v) is 22.8. The number of nitriles is 1. The topological polar surface area (TPSA) is 126 Å². The summed E-state index contributed by atoms with van der Waals surface area (Å²) in [6, 6.07) is 9.01. The van der Waals surface area contributed by atoms with Crippen molar-refractivity contribution in [2.24, 2.45) is 0 Å². The molecule has 3 heterocycles. The molecule has 0 aliphatic carbocycles. The molecule has 3 aromatic heterocycles. The summed E-state index contributed by atoms with van der Waals surface area (Å²) in [4.78, 5) is 33.7. The number of hydrogen-bond donors (Lipinski definition) is 2. The number of aromatic nitrogens is 4. The lowest BCUT2D eigenvalue weighted by Gasteiger charge is -2.15. The Kier molecular flexibility index (Phi) is 8.45. The molecule has 0 saturated carbocycles. The minimum absolute atomic E-state index is 0.0248. The number of nitrogens with zero attached hydrogens (tertiary/aromatic N) is 5. The van der Waals surface area contributed by atoms with Gasteiger partial charge in [-0.15, -0.1) is 0 Å². The average molecular weight is 622 g/mol. The normalized spacial score (nSPS) is 11.6. The van der Waals surface area contributed by atoms with Crippen LogP contribution in [0.4, 0.5) is 32.0 Å². The SMILES string of the molecule is CNC(=O)c1cc(C#N)cc(C)c1NC(=O)c1cc(Cc2cc(C(F)(F)F)c(C(F)(F)F)cn2)nn1-c1ncccc1Cl. The Labute approximate surface area is 244 Å². The maximum Gasteiger partial charge on any atom is 0.418 e. The minimum atomic E-state index is -5.32. The molecule has 0 unspecified atom stereocenters. The molecule has 0 saturated heterocycles. The van der Waals surface area contributed by atoms with Crippen molar-refractivity contribution < 1.29 is 35.9 Å². The van der Waals surface area contributed by atoms with E-state index in [0.717, 1.165) is 4.68 Å². The summed E-state index contributed by atoms with van der Waals surface area (Å²) in [5.41, 5.74) is -4.01. The first kappa shape index (κ1) is 31.0. The molecule has 1 aromatic carbocycles. The van der Waals surface area contributed by atoms with Crippen LogP contribution in [0.1, 0.15) is 54.5 Å². The summed E-state index contributed by atoms with van der Waals surface area (Å²) in [6.45, 7) is 1.55. The second-order valence-corrected chi connectivity index (χ2v) is 9.40. The fourth-order valence-electron chi connectivity index (χ4n) is 4.12. The molecule has 43 heavy (non-hydrogen) atoms. The maximum atomic E-state index is 13.6. The number of alkyl halides is 6. The van der Waals surface area contributed by atoms with Crippen molar-refractivity contribution in [3.63, 3.8) is 0 Å². The maximum absolute atomic E-state index is 13.6. The monoisotopic (exact) mass is 621 g/mol. The number of carbonyl (C=O) groups is 2. The van der Waals surface area contributed by atoms with Crippen molar-refractivity contribution in [2.45, 2.75) is 25.7 Å². The van der Waals surface area contributed by atoms with Crippen LogP contribution in [0, 0.1) is 18.3 Å². The molecule has 2 amide bonds. The molecule has 0 fully saturated rings. The number of carbonyl (C=O) groups excluding carboxylic acids is 2. The van der Waals surface area contributed by atoms with E-state index in [0.29, 0.717) is 5.56 Å². The predicted octanol–water partition coefficient (Wildman–Crippen LogP) is 5.74. The van der Waals surface area contributed by atoms with Gasteiger partial charge in [0, 0.05) is 31.6 Å². The number of hydrogen-bond acceptors (Lipinski definition) is 6. The van der Waals surface area contributed by atoms with Crippen LogP contribution in [0.5, 0.6) is 0 Å². The third kappa shape index (κ3) is 6.59. The average Bonchev–Trinajstić information content (AvgIpc) is 3.36. The van der Waals surface area contributed by atoms with Crippen molar-refractivity contribution in [3.8, 4) is 11.9 Å². The van der Waals surface area contributed by atoms with Gasteiger partial charge in [-0.3, -0.25) is 14.6 Å². The number of rotatable bonds is 6. The van der Waals surface area contributed by atoms with Gasteiger partial charge in [-0.2, -0.15) is 36.7 Å². The van der Waals surface area contributed by atoms with E-state index in [4.69, 9.17) is 11.6 Å². The molecule has 0 spiro atoms. The molecular formula is C27H18ClF6N7O2. The van der Waals surface area contributed by atoms with Crippen molar-refractivity contribution in [1.29, 1.82) is 5.26 Å². The highest BCUT2D eigenvalue weighted by molar-refractivity contribution is 6.32. The molecule has 0 bridgehead atoms. The molecule has 4 aromatic rings. The number of aryl methyl sites for hydroxylation is 1. The van der Waals surface area contributed by atoms with Crippen LogP contribution in [-0.2, 0) is 18.8 Å². The van der Waals surface area contributed by atoms with E-state index in [2.05, 4.69) is 25.7 Å². The number of pyridine rings is 2. The van der Waals surface area contributed by atoms with E-state index >= 15 is 0 Å². The van der Waals surface area contributed by atoms with Gasteiger partial charge in [0.25, 0.3) is 11.8 Å². The van der Waals surface area contributed by atoms with Gasteiger partial charge in [-0.25, -0.2) is 9.67 Å². The summed E-state index contributed by atoms with van der Waals surface area (Å²) in [6.07, 6.45) is -9.69. The second kappa shape index (κ2) is 11.7. The highest BCUT2D eigenvalue weighted by Gasteiger charge is 2.43. The van der Waals surface area contributed by atoms with E-state index in [1.165, 1.54) is 43.6 Å². The molecule has 4 rings (SSSR count). The Bertz CT molecular complexity index is 1780. The zero-order valence-electron chi connectivity index (χ0n) is 22.0. The molecule has 2 N–H and O–H groups in total. The van der Waals surface area contributed by atoms with Crippen LogP contribution in [0.15, 0.2) is 48.8 Å². The van der Waals surface area contributed by atoms with Crippen LogP contribution in [0.3, 0.4) is 0 Å². The zero-order chi connectivity index (χ0) is 31.7. The quantitative estimate of drug-likeness (QED) is 0.265. The van der Waals surface area contributed by atoms with E-state index in [9.17, 15) is 41.2 Å². The fraction of sp³-hybridized carbons (Fsp3) is 0.185. The lowest BCUT2D eigenvalue weighted by Crippen LogP contribution is -2.24. The number of benzene rings is 1. The molecule has 0 radical (unpaired) electrons. The molecule has 222 valence electrons. The summed E-state index contributed by atoms with van der Waals surface area (Å²) in [5.74, 6) is -1.50. The number of anilines is 1. The smallest absolute Gasteiger partial charge is 0.355 e. The van der Waals surface area contributed by atoms with Gasteiger partial charge in [0.05, 0.1) is 44.7 Å². The molecule has 0 aliphatic heterocycles. The molecule has 16 heteroatoms. The Balaban J connectivity index is 1.80. The van der Waals surface area contributed by atoms with Crippen LogP contribution >= 0.6 is 11.6 Å². The van der Waals surface area contributed by atoms with Crippen molar-refractivity contribution >= 4 is 29.1 Å². The first-order valence-corrected chi connectivity index (χ1v) is 12.4. The lowest BCUT2D eigenvalue weighted by molar-refractivity contribution is -0.162. The number of nitrogens with one attached hydrogen (secondary N) is 2. The van der Waals surface area contributed by atoms with E-state index < -0.39 is 47.4 Å². The second-order valence-electron chi connectivity index (χ2n) is 9.00. The van der Waals surface area contributed by atoms with Crippen molar-refractivity contribution in [2.75, 3.05) is 12.4 Å². The van der Waals surface area contributed by atoms with Crippen LogP contribution in [0.25, 0.3) is 5.82 Å². The van der Waals surface area contributed by atoms with Gasteiger partial charge >= 0.3 is 12.4 Å². The van der Waals surface area contributed by atoms with E-state index in [-0.39, 0.29) is 51.3 Å². The largest absolute Gasteiger partial charge is 0.418 e. The number of amides is 2. The Morgan fingerprint density at radius 2 is 1.70 bits per heavy atom. The summed E-state index contributed by atoms with van der Waals surface area (Å²) < 4.78 is 81.0. The Morgan fingerprint density at radius 3 is 2.30 bits per heavy atom. The lowest BCUT2D eigenvalue weighted by atomic mass is 10.0. The standard InChI is InChI=1S/C27H18ClF6N7O2/c1-13-6-14(11-35)7-17(24(42)36-2)22(13)39-25(43)21-10-16(40-41(21)23-20(28)4-3-5-37-23)8-15-9-18(26(29,30)31)19(12-38-15)27(32,33)34/h3-7,9-10,12H,8H2,1-2H3,(H,36,42)(H,39,43). The molecule has 0 aliphatic rings. The fourth-order valence-corrected chi connectivity index (χ4v) is 4.32. The van der Waals surface area contributed by atoms with Crippen LogP contribution < -0.4 is 10.6 Å². The van der Waals surface area contributed by atoms with Gasteiger partial charge in [-0.05, 0) is 48.9 Å². The van der Waals surface area contributed by atoms with Gasteiger partial charge in [-0.1, -0.05) is 11.6 Å². The highest BCUT2D eigenvalue weighted by Crippen LogP contribution is 2.40. The van der Waals surface area contributed by atoms with Crippen molar-refractivity contribution in [1.82, 2.24) is 25.1 Å². The first-order chi connectivity index (χ1) is 20.1. The molecular weight excluding hydrogens is 604 g/mol. The highest BCUT2D eigenvalue weighted by atomic mass is 35.5. The van der Waals surface area contributed by atoms with Crippen molar-refractivity contribution in [3.05, 3.63) is 98.7 Å². The van der Waals surface area contributed by atoms with E-state index in [1.54, 1.807) is 6.92 Å². The Morgan fingerprint density at radius 1 is 1.00 bits per heavy atom. The third-order valence-corrected chi connectivity index (χ3v) is 6.34. The number of halogens is 7. The predicted molar refractivity (Wildman–Crippen MR) is 141 cm³/mol. The molecule has 0 atom stereocenters. The van der Waals surface area contributed by atoms with Gasteiger partial charge in [0.15, 0.2) is 5.82 Å². The van der Waals surface area contributed by atoms with Gasteiger partial charge < -0.3 is 10.6 Å².